The molecule has 0 radical (unpaired) electrons. The van der Waals surface area contributed by atoms with E-state index in [0.717, 1.165) is 19.3 Å². The van der Waals surface area contributed by atoms with Crippen LogP contribution in [0.15, 0.2) is 0 Å². The van der Waals surface area contributed by atoms with E-state index in [-0.39, 0.29) is 18.0 Å². The monoisotopic (exact) mass is 280 g/mol. The van der Waals surface area contributed by atoms with Crippen LogP contribution in [0.25, 0.3) is 0 Å². The quantitative estimate of drug-likeness (QED) is 0.831. The van der Waals surface area contributed by atoms with Gasteiger partial charge in [0, 0.05) is 12.6 Å². The van der Waals surface area contributed by atoms with Gasteiger partial charge in [-0.15, -0.1) is 0 Å². The third-order valence-corrected chi connectivity index (χ3v) is 5.61. The second kappa shape index (κ2) is 5.26. The van der Waals surface area contributed by atoms with E-state index in [1.165, 1.54) is 19.3 Å². The predicted octanol–water partition coefficient (Wildman–Crippen LogP) is 2.07. The van der Waals surface area contributed by atoms with Gasteiger partial charge in [-0.1, -0.05) is 12.8 Å². The van der Waals surface area contributed by atoms with Gasteiger partial charge in [0.25, 0.3) is 0 Å². The number of carboxylic acids is 1. The van der Waals surface area contributed by atoms with Gasteiger partial charge in [0.15, 0.2) is 0 Å². The van der Waals surface area contributed by atoms with Crippen molar-refractivity contribution in [2.45, 2.75) is 57.5 Å². The van der Waals surface area contributed by atoms with Crippen LogP contribution in [-0.4, -0.2) is 40.6 Å². The molecule has 5 heteroatoms. The number of nitrogens with one attached hydrogen (secondary N) is 1. The van der Waals surface area contributed by atoms with Gasteiger partial charge in [0.05, 0.1) is 0 Å². The van der Waals surface area contributed by atoms with Crippen LogP contribution in [0.3, 0.4) is 0 Å². The average Bonchev–Trinajstić information content (AvgIpc) is 2.83. The Bertz CT molecular complexity index is 408. The van der Waals surface area contributed by atoms with E-state index < -0.39 is 12.0 Å². The van der Waals surface area contributed by atoms with E-state index >= 15 is 0 Å². The van der Waals surface area contributed by atoms with Crippen LogP contribution in [0.5, 0.6) is 0 Å². The van der Waals surface area contributed by atoms with E-state index in [4.69, 9.17) is 0 Å². The van der Waals surface area contributed by atoms with E-state index in [1.54, 1.807) is 4.90 Å². The molecule has 2 amide bonds. The lowest BCUT2D eigenvalue weighted by Gasteiger charge is -2.34. The van der Waals surface area contributed by atoms with Crippen molar-refractivity contribution < 1.29 is 14.7 Å². The van der Waals surface area contributed by atoms with Crippen LogP contribution in [-0.2, 0) is 4.79 Å². The lowest BCUT2D eigenvalue weighted by Crippen LogP contribution is -2.52. The van der Waals surface area contributed by atoms with Gasteiger partial charge >= 0.3 is 12.0 Å². The van der Waals surface area contributed by atoms with E-state index in [2.05, 4.69) is 5.32 Å². The summed E-state index contributed by atoms with van der Waals surface area (Å²) in [6.45, 7) is 2.65. The smallest absolute Gasteiger partial charge is 0.326 e. The van der Waals surface area contributed by atoms with Crippen LogP contribution in [0.2, 0.25) is 0 Å². The zero-order valence-corrected chi connectivity index (χ0v) is 12.0. The lowest BCUT2D eigenvalue weighted by atomic mass is 9.80. The number of carbonyl (C=O) groups is 2. The SMILES string of the molecule is CC(NC(=O)N1CC2CCCC2C1C(=O)O)C1CCC1. The summed E-state index contributed by atoms with van der Waals surface area (Å²) in [7, 11) is 0. The fourth-order valence-corrected chi connectivity index (χ4v) is 4.17. The first-order valence-electron chi connectivity index (χ1n) is 7.88. The summed E-state index contributed by atoms with van der Waals surface area (Å²) in [5.41, 5.74) is 0. The summed E-state index contributed by atoms with van der Waals surface area (Å²) in [5.74, 6) is 0.285. The Balaban J connectivity index is 1.65. The van der Waals surface area contributed by atoms with Gasteiger partial charge in [-0.2, -0.15) is 0 Å². The second-order valence-corrected chi connectivity index (χ2v) is 6.72. The highest BCUT2D eigenvalue weighted by Gasteiger charge is 2.49. The number of hydrogen-bond donors (Lipinski definition) is 2. The summed E-state index contributed by atoms with van der Waals surface area (Å²) in [6, 6.07) is -0.631. The molecule has 5 nitrogen and oxygen atoms in total. The summed E-state index contributed by atoms with van der Waals surface area (Å²) < 4.78 is 0. The molecule has 20 heavy (non-hydrogen) atoms. The molecule has 2 N–H and O–H groups in total. The molecule has 4 atom stereocenters. The molecule has 4 unspecified atom stereocenters. The zero-order valence-electron chi connectivity index (χ0n) is 12.0. The molecule has 0 aromatic rings. The van der Waals surface area contributed by atoms with Crippen LogP contribution in [0.4, 0.5) is 4.79 Å². The van der Waals surface area contributed by atoms with E-state index in [1.807, 2.05) is 6.92 Å². The number of aliphatic carboxylic acids is 1. The van der Waals surface area contributed by atoms with Gasteiger partial charge in [0.1, 0.15) is 6.04 Å². The fraction of sp³-hybridized carbons (Fsp3) is 0.867. The molecule has 1 saturated heterocycles. The number of urea groups is 1. The minimum Gasteiger partial charge on any atom is -0.480 e. The Kier molecular flexibility index (Phi) is 3.61. The van der Waals surface area contributed by atoms with Crippen molar-refractivity contribution in [3.8, 4) is 0 Å². The molecular formula is C15H24N2O3. The Morgan fingerprint density at radius 2 is 1.90 bits per heavy atom. The van der Waals surface area contributed by atoms with Crippen LogP contribution < -0.4 is 5.32 Å². The number of carbonyl (C=O) groups excluding carboxylic acids is 1. The number of hydrogen-bond acceptors (Lipinski definition) is 2. The van der Waals surface area contributed by atoms with E-state index in [9.17, 15) is 14.7 Å². The standard InChI is InChI=1S/C15H24N2O3/c1-9(10-4-2-5-10)16-15(20)17-8-11-6-3-7-12(11)13(17)14(18)19/h9-13H,2-8H2,1H3,(H,16,20)(H,18,19). The lowest BCUT2D eigenvalue weighted by molar-refractivity contribution is -0.142. The van der Waals surface area contributed by atoms with Crippen LogP contribution in [0.1, 0.15) is 45.4 Å². The molecule has 3 fully saturated rings. The van der Waals surface area contributed by atoms with Crippen molar-refractivity contribution >= 4 is 12.0 Å². The summed E-state index contributed by atoms with van der Waals surface area (Å²) >= 11 is 0. The molecule has 2 aliphatic carbocycles. The van der Waals surface area contributed by atoms with Crippen molar-refractivity contribution in [3.05, 3.63) is 0 Å². The van der Waals surface area contributed by atoms with Crippen LogP contribution in [0, 0.1) is 17.8 Å². The first-order chi connectivity index (χ1) is 9.58. The van der Waals surface area contributed by atoms with Gasteiger partial charge in [-0.3, -0.25) is 0 Å². The van der Waals surface area contributed by atoms with Crippen molar-refractivity contribution in [2.24, 2.45) is 17.8 Å². The molecule has 3 rings (SSSR count). The number of likely N-dealkylation sites (tertiary alicyclic amines) is 1. The Labute approximate surface area is 119 Å². The van der Waals surface area contributed by atoms with Crippen LogP contribution >= 0.6 is 0 Å². The molecule has 2 saturated carbocycles. The number of amides is 2. The van der Waals surface area contributed by atoms with Crippen molar-refractivity contribution in [3.63, 3.8) is 0 Å². The van der Waals surface area contributed by atoms with Gasteiger partial charge < -0.3 is 15.3 Å². The van der Waals surface area contributed by atoms with Crippen molar-refractivity contribution in [1.82, 2.24) is 10.2 Å². The first-order valence-corrected chi connectivity index (χ1v) is 7.88. The van der Waals surface area contributed by atoms with Gasteiger partial charge in [0.2, 0.25) is 0 Å². The summed E-state index contributed by atoms with van der Waals surface area (Å²) in [4.78, 5) is 25.5. The molecule has 112 valence electrons. The highest BCUT2D eigenvalue weighted by Crippen LogP contribution is 2.42. The third-order valence-electron chi connectivity index (χ3n) is 5.61. The number of rotatable bonds is 3. The highest BCUT2D eigenvalue weighted by molar-refractivity contribution is 5.84. The van der Waals surface area contributed by atoms with Gasteiger partial charge in [-0.25, -0.2) is 9.59 Å². The van der Waals surface area contributed by atoms with Crippen molar-refractivity contribution in [1.29, 1.82) is 0 Å². The minimum absolute atomic E-state index is 0.158. The summed E-state index contributed by atoms with van der Waals surface area (Å²) in [5, 5.41) is 12.5. The van der Waals surface area contributed by atoms with E-state index in [0.29, 0.717) is 18.4 Å². The molecule has 0 bridgehead atoms. The maximum absolute atomic E-state index is 12.4. The average molecular weight is 280 g/mol. The topological polar surface area (TPSA) is 69.6 Å². The Hall–Kier alpha value is -1.26. The second-order valence-electron chi connectivity index (χ2n) is 6.72. The minimum atomic E-state index is -0.842. The fourth-order valence-electron chi connectivity index (χ4n) is 4.17. The normalized spacial score (nSPS) is 34.5. The molecule has 1 aliphatic heterocycles. The number of nitrogens with zero attached hydrogens (tertiary/aromatic N) is 1. The number of carboxylic acid groups (broad SMARTS) is 1. The molecular weight excluding hydrogens is 256 g/mol. The summed E-state index contributed by atoms with van der Waals surface area (Å²) in [6.07, 6.45) is 6.72. The molecule has 0 aromatic heterocycles. The molecule has 0 aromatic carbocycles. The zero-order chi connectivity index (χ0) is 14.3. The van der Waals surface area contributed by atoms with Crippen molar-refractivity contribution in [2.75, 3.05) is 6.54 Å². The maximum Gasteiger partial charge on any atom is 0.326 e. The Morgan fingerprint density at radius 1 is 1.20 bits per heavy atom. The predicted molar refractivity (Wildman–Crippen MR) is 74.3 cm³/mol. The third kappa shape index (κ3) is 2.27. The highest BCUT2D eigenvalue weighted by atomic mass is 16.4. The number of fused-ring (bicyclic) bond motifs is 1. The Morgan fingerprint density at radius 3 is 2.50 bits per heavy atom. The van der Waals surface area contributed by atoms with Gasteiger partial charge in [-0.05, 0) is 50.4 Å². The molecule has 3 aliphatic rings. The molecule has 1 heterocycles. The maximum atomic E-state index is 12.4. The first kappa shape index (κ1) is 13.7. The largest absolute Gasteiger partial charge is 0.480 e. The molecule has 0 spiro atoms.